The van der Waals surface area contributed by atoms with Crippen LogP contribution >= 0.6 is 0 Å². The minimum atomic E-state index is -1.28. The second-order valence-electron chi connectivity index (χ2n) is 9.03. The minimum Gasteiger partial charge on any atom is -0.490 e. The van der Waals surface area contributed by atoms with Crippen LogP contribution < -0.4 is 9.47 Å². The monoisotopic (exact) mass is 520 g/mol. The molecule has 0 N–H and O–H groups in total. The van der Waals surface area contributed by atoms with Crippen molar-refractivity contribution in [2.24, 2.45) is 0 Å². The van der Waals surface area contributed by atoms with E-state index in [0.717, 1.165) is 6.07 Å². The summed E-state index contributed by atoms with van der Waals surface area (Å²) >= 11 is 0. The molecular formula is C29H26F6O2. The van der Waals surface area contributed by atoms with Crippen LogP contribution in [0.15, 0.2) is 42.5 Å². The fraction of sp³-hybridized carbons (Fsp3) is 0.310. The van der Waals surface area contributed by atoms with Gasteiger partial charge in [-0.05, 0) is 67.4 Å². The van der Waals surface area contributed by atoms with Gasteiger partial charge in [-0.15, -0.1) is 0 Å². The van der Waals surface area contributed by atoms with E-state index in [4.69, 9.17) is 9.47 Å². The third-order valence-corrected chi connectivity index (χ3v) is 6.52. The Morgan fingerprint density at radius 2 is 1.46 bits per heavy atom. The number of halogens is 6. The van der Waals surface area contributed by atoms with E-state index < -0.39 is 47.3 Å². The molecule has 1 atom stereocenters. The lowest BCUT2D eigenvalue weighted by atomic mass is 9.82. The first kappa shape index (κ1) is 26.6. The molecule has 1 aliphatic rings. The molecule has 0 bridgehead atoms. The van der Waals surface area contributed by atoms with Gasteiger partial charge in [-0.25, -0.2) is 17.6 Å². The van der Waals surface area contributed by atoms with Crippen LogP contribution in [-0.2, 0) is 6.61 Å². The number of benzene rings is 3. The van der Waals surface area contributed by atoms with Crippen molar-refractivity contribution in [1.29, 1.82) is 0 Å². The van der Waals surface area contributed by atoms with Gasteiger partial charge in [0.25, 0.3) is 0 Å². The van der Waals surface area contributed by atoms with Crippen LogP contribution in [0.3, 0.4) is 0 Å². The third kappa shape index (κ3) is 5.48. The summed E-state index contributed by atoms with van der Waals surface area (Å²) in [6, 6.07) is 8.18. The van der Waals surface area contributed by atoms with Gasteiger partial charge < -0.3 is 9.47 Å². The molecule has 37 heavy (non-hydrogen) atoms. The van der Waals surface area contributed by atoms with Crippen LogP contribution in [0.4, 0.5) is 26.3 Å². The molecule has 0 spiro atoms. The highest BCUT2D eigenvalue weighted by molar-refractivity contribution is 5.67. The maximum Gasteiger partial charge on any atom is 0.204 e. The first-order valence-electron chi connectivity index (χ1n) is 12.1. The van der Waals surface area contributed by atoms with Gasteiger partial charge in [0.05, 0.1) is 6.61 Å². The Hall–Kier alpha value is -3.42. The molecule has 0 aliphatic heterocycles. The van der Waals surface area contributed by atoms with E-state index in [1.54, 1.807) is 12.1 Å². The molecule has 0 heterocycles. The van der Waals surface area contributed by atoms with E-state index in [2.05, 4.69) is 0 Å². The fourth-order valence-electron chi connectivity index (χ4n) is 4.39. The van der Waals surface area contributed by atoms with Gasteiger partial charge in [0, 0.05) is 11.1 Å². The molecule has 3 aromatic rings. The van der Waals surface area contributed by atoms with Crippen LogP contribution in [0.2, 0.25) is 0 Å². The smallest absolute Gasteiger partial charge is 0.204 e. The zero-order valence-corrected chi connectivity index (χ0v) is 20.4. The van der Waals surface area contributed by atoms with Gasteiger partial charge in [-0.2, -0.15) is 8.78 Å². The Balaban J connectivity index is 1.47. The minimum absolute atomic E-state index is 0.0601. The first-order chi connectivity index (χ1) is 17.7. The van der Waals surface area contributed by atoms with Crippen molar-refractivity contribution in [3.63, 3.8) is 0 Å². The highest BCUT2D eigenvalue weighted by Gasteiger charge is 2.25. The van der Waals surface area contributed by atoms with E-state index in [1.807, 2.05) is 6.92 Å². The molecule has 4 rings (SSSR count). The quantitative estimate of drug-likeness (QED) is 0.277. The van der Waals surface area contributed by atoms with E-state index in [-0.39, 0.29) is 40.5 Å². The molecule has 0 fully saturated rings. The first-order valence-corrected chi connectivity index (χ1v) is 12.1. The largest absolute Gasteiger partial charge is 0.490 e. The Bertz CT molecular complexity index is 1330. The average Bonchev–Trinajstić information content (AvgIpc) is 2.90. The van der Waals surface area contributed by atoms with E-state index in [1.165, 1.54) is 31.2 Å². The van der Waals surface area contributed by atoms with Crippen LogP contribution in [-0.4, -0.2) is 6.61 Å². The van der Waals surface area contributed by atoms with Gasteiger partial charge >= 0.3 is 0 Å². The van der Waals surface area contributed by atoms with Crippen molar-refractivity contribution in [3.8, 4) is 11.5 Å². The fourth-order valence-corrected chi connectivity index (χ4v) is 4.39. The molecule has 0 saturated heterocycles. The Kier molecular flexibility index (Phi) is 8.15. The lowest BCUT2D eigenvalue weighted by Crippen LogP contribution is -2.10. The predicted molar refractivity (Wildman–Crippen MR) is 128 cm³/mol. The number of aryl methyl sites for hydroxylation is 1. The summed E-state index contributed by atoms with van der Waals surface area (Å²) in [6.45, 7) is 3.00. The number of allylic oxidation sites excluding steroid dienone is 2. The SMILES string of the molecule is CCCOc1ccc(OCc2ccc(C3=CCC(c4ccc(C)c(F)c4F)CC3)c(F)c2F)c(F)c1F. The Labute approximate surface area is 211 Å². The summed E-state index contributed by atoms with van der Waals surface area (Å²) in [5, 5.41) is 0. The molecule has 0 saturated carbocycles. The van der Waals surface area contributed by atoms with Crippen molar-refractivity contribution in [1.82, 2.24) is 0 Å². The van der Waals surface area contributed by atoms with Crippen molar-refractivity contribution in [2.75, 3.05) is 6.61 Å². The molecule has 0 aromatic heterocycles. The van der Waals surface area contributed by atoms with Crippen molar-refractivity contribution >= 4 is 5.57 Å². The summed E-state index contributed by atoms with van der Waals surface area (Å²) < 4.78 is 96.9. The zero-order chi connectivity index (χ0) is 26.7. The Morgan fingerprint density at radius 1 is 0.757 bits per heavy atom. The van der Waals surface area contributed by atoms with Gasteiger partial charge in [-0.1, -0.05) is 37.3 Å². The average molecular weight is 521 g/mol. The summed E-state index contributed by atoms with van der Waals surface area (Å²) in [4.78, 5) is 0. The summed E-state index contributed by atoms with van der Waals surface area (Å²) in [5.41, 5.74) is 0.944. The molecular weight excluding hydrogens is 494 g/mol. The maximum absolute atomic E-state index is 14.9. The van der Waals surface area contributed by atoms with Gasteiger partial charge in [0.2, 0.25) is 11.6 Å². The van der Waals surface area contributed by atoms with Gasteiger partial charge in [-0.3, -0.25) is 0 Å². The second kappa shape index (κ2) is 11.3. The van der Waals surface area contributed by atoms with Gasteiger partial charge in [0.15, 0.2) is 34.8 Å². The normalized spacial score (nSPS) is 15.5. The summed E-state index contributed by atoms with van der Waals surface area (Å²) in [7, 11) is 0. The lowest BCUT2D eigenvalue weighted by molar-refractivity contribution is 0.265. The topological polar surface area (TPSA) is 18.5 Å². The molecule has 8 heteroatoms. The van der Waals surface area contributed by atoms with E-state index >= 15 is 0 Å². The maximum atomic E-state index is 14.9. The number of hydrogen-bond acceptors (Lipinski definition) is 2. The van der Waals surface area contributed by atoms with Crippen molar-refractivity contribution in [2.45, 2.75) is 52.1 Å². The number of ether oxygens (including phenoxy) is 2. The summed E-state index contributed by atoms with van der Waals surface area (Å²) in [5.74, 6) is -7.47. The van der Waals surface area contributed by atoms with Crippen molar-refractivity contribution < 1.29 is 35.8 Å². The van der Waals surface area contributed by atoms with Crippen LogP contribution in [0.25, 0.3) is 5.57 Å². The van der Waals surface area contributed by atoms with E-state index in [0.29, 0.717) is 31.3 Å². The third-order valence-electron chi connectivity index (χ3n) is 6.52. The number of rotatable bonds is 8. The lowest BCUT2D eigenvalue weighted by Gasteiger charge is -2.24. The molecule has 0 radical (unpaired) electrons. The highest BCUT2D eigenvalue weighted by Crippen LogP contribution is 2.39. The van der Waals surface area contributed by atoms with Crippen LogP contribution in [0.5, 0.6) is 11.5 Å². The molecule has 3 aromatic carbocycles. The van der Waals surface area contributed by atoms with E-state index in [9.17, 15) is 26.3 Å². The Morgan fingerprint density at radius 3 is 2.11 bits per heavy atom. The van der Waals surface area contributed by atoms with Gasteiger partial charge in [0.1, 0.15) is 6.61 Å². The molecule has 1 aliphatic carbocycles. The van der Waals surface area contributed by atoms with Crippen LogP contribution in [0.1, 0.15) is 60.8 Å². The predicted octanol–water partition coefficient (Wildman–Crippen LogP) is 8.55. The number of hydrogen-bond donors (Lipinski definition) is 0. The highest BCUT2D eigenvalue weighted by atomic mass is 19.2. The molecule has 1 unspecified atom stereocenters. The summed E-state index contributed by atoms with van der Waals surface area (Å²) in [6.07, 6.45) is 3.47. The van der Waals surface area contributed by atoms with Crippen molar-refractivity contribution in [3.05, 3.63) is 99.6 Å². The molecule has 2 nitrogen and oxygen atoms in total. The second-order valence-corrected chi connectivity index (χ2v) is 9.03. The molecule has 196 valence electrons. The van der Waals surface area contributed by atoms with Crippen LogP contribution in [0, 0.1) is 41.8 Å². The zero-order valence-electron chi connectivity index (χ0n) is 20.4. The molecule has 0 amide bonds. The standard InChI is InChI=1S/C29H26F6O2/c1-3-14-36-22-12-13-23(29(35)28(22)34)37-15-19-9-11-21(27(33)25(19)31)18-7-5-17(6-8-18)20-10-4-16(2)24(30)26(20)32/h4,7,9-13,17H,3,5-6,8,14-15H2,1-2H3.